The molecule has 0 unspecified atom stereocenters. The van der Waals surface area contributed by atoms with E-state index < -0.39 is 10.0 Å². The molecule has 0 saturated carbocycles. The molecule has 2 N–H and O–H groups in total. The molecule has 5 nitrogen and oxygen atoms in total. The van der Waals surface area contributed by atoms with Crippen LogP contribution in [0.2, 0.25) is 0 Å². The fourth-order valence-electron chi connectivity index (χ4n) is 1.80. The van der Waals surface area contributed by atoms with E-state index in [1.54, 1.807) is 31.2 Å². The Morgan fingerprint density at radius 2 is 1.86 bits per heavy atom. The van der Waals surface area contributed by atoms with Gasteiger partial charge in [0.05, 0.1) is 17.6 Å². The Hall–Kier alpha value is -2.15. The van der Waals surface area contributed by atoms with Crippen molar-refractivity contribution in [2.45, 2.75) is 13.3 Å². The molecule has 0 aliphatic rings. The number of aromatic nitrogens is 1. The van der Waals surface area contributed by atoms with Gasteiger partial charge in [0.25, 0.3) is 0 Å². The van der Waals surface area contributed by atoms with Gasteiger partial charge in [0.15, 0.2) is 0 Å². The maximum Gasteiger partial charge on any atom is 0.232 e. The van der Waals surface area contributed by atoms with E-state index in [0.717, 1.165) is 12.0 Å². The van der Waals surface area contributed by atoms with E-state index >= 15 is 0 Å². The topological polar surface area (TPSA) is 71.1 Å². The number of anilines is 2. The van der Waals surface area contributed by atoms with Crippen molar-refractivity contribution < 1.29 is 12.8 Å². The molecule has 1 aromatic carbocycles. The van der Waals surface area contributed by atoms with Crippen LogP contribution in [0.1, 0.15) is 12.5 Å². The molecule has 118 valence electrons. The highest BCUT2D eigenvalue weighted by atomic mass is 32.2. The number of pyridine rings is 1. The predicted molar refractivity (Wildman–Crippen MR) is 85.9 cm³/mol. The van der Waals surface area contributed by atoms with E-state index in [9.17, 15) is 12.8 Å². The molecule has 0 aliphatic carbocycles. The molecular weight excluding hydrogens is 305 g/mol. The summed E-state index contributed by atoms with van der Waals surface area (Å²) >= 11 is 0. The molecule has 0 bridgehead atoms. The minimum atomic E-state index is -3.28. The Labute approximate surface area is 129 Å². The molecule has 0 fully saturated rings. The SMILES string of the molecule is CCS(=O)(=O)Nc1ccc(NCCc2ccc(F)cc2)nc1. The fraction of sp³-hybridized carbons (Fsp3) is 0.267. The summed E-state index contributed by atoms with van der Waals surface area (Å²) in [6, 6.07) is 9.71. The average Bonchev–Trinajstić information content (AvgIpc) is 2.51. The van der Waals surface area contributed by atoms with Crippen molar-refractivity contribution in [2.75, 3.05) is 22.3 Å². The zero-order valence-corrected chi connectivity index (χ0v) is 13.0. The van der Waals surface area contributed by atoms with Gasteiger partial charge in [-0.1, -0.05) is 12.1 Å². The Morgan fingerprint density at radius 3 is 2.45 bits per heavy atom. The quantitative estimate of drug-likeness (QED) is 0.822. The van der Waals surface area contributed by atoms with Gasteiger partial charge in [-0.2, -0.15) is 0 Å². The van der Waals surface area contributed by atoms with Crippen molar-refractivity contribution >= 4 is 21.5 Å². The van der Waals surface area contributed by atoms with E-state index in [2.05, 4.69) is 15.0 Å². The lowest BCUT2D eigenvalue weighted by Gasteiger charge is -2.08. The van der Waals surface area contributed by atoms with E-state index in [1.165, 1.54) is 18.3 Å². The third-order valence-corrected chi connectivity index (χ3v) is 4.36. The van der Waals surface area contributed by atoms with Crippen LogP contribution < -0.4 is 10.0 Å². The third kappa shape index (κ3) is 5.00. The molecule has 2 rings (SSSR count). The molecule has 1 aromatic heterocycles. The van der Waals surface area contributed by atoms with E-state index in [1.807, 2.05) is 0 Å². The van der Waals surface area contributed by atoms with Crippen LogP contribution in [-0.2, 0) is 16.4 Å². The number of nitrogens with one attached hydrogen (secondary N) is 2. The molecule has 0 radical (unpaired) electrons. The van der Waals surface area contributed by atoms with Gasteiger partial charge >= 0.3 is 0 Å². The second-order valence-corrected chi connectivity index (χ2v) is 6.75. The molecule has 0 atom stereocenters. The number of hydrogen-bond donors (Lipinski definition) is 2. The first kappa shape index (κ1) is 16.2. The van der Waals surface area contributed by atoms with Crippen molar-refractivity contribution in [3.05, 3.63) is 54.0 Å². The predicted octanol–water partition coefficient (Wildman–Crippen LogP) is 2.64. The van der Waals surface area contributed by atoms with Crippen LogP contribution in [0.15, 0.2) is 42.6 Å². The molecule has 1 heterocycles. The lowest BCUT2D eigenvalue weighted by molar-refractivity contribution is 0.602. The van der Waals surface area contributed by atoms with Gasteiger partial charge in [0.1, 0.15) is 11.6 Å². The second-order valence-electron chi connectivity index (χ2n) is 4.74. The average molecular weight is 323 g/mol. The van der Waals surface area contributed by atoms with Crippen molar-refractivity contribution in [3.8, 4) is 0 Å². The molecule has 0 aliphatic heterocycles. The van der Waals surface area contributed by atoms with Crippen LogP contribution >= 0.6 is 0 Å². The van der Waals surface area contributed by atoms with Crippen LogP contribution in [0.4, 0.5) is 15.9 Å². The van der Waals surface area contributed by atoms with Crippen molar-refractivity contribution in [2.24, 2.45) is 0 Å². The van der Waals surface area contributed by atoms with E-state index in [0.29, 0.717) is 18.1 Å². The maximum atomic E-state index is 12.8. The Morgan fingerprint density at radius 1 is 1.14 bits per heavy atom. The first-order valence-corrected chi connectivity index (χ1v) is 8.58. The van der Waals surface area contributed by atoms with E-state index in [-0.39, 0.29) is 11.6 Å². The van der Waals surface area contributed by atoms with Gasteiger partial charge in [0.2, 0.25) is 10.0 Å². The smallest absolute Gasteiger partial charge is 0.232 e. The van der Waals surface area contributed by atoms with Gasteiger partial charge in [0, 0.05) is 6.54 Å². The molecule has 0 saturated heterocycles. The van der Waals surface area contributed by atoms with Crippen LogP contribution in [0.5, 0.6) is 0 Å². The van der Waals surface area contributed by atoms with Crippen molar-refractivity contribution in [3.63, 3.8) is 0 Å². The molecular formula is C15H18FN3O2S. The number of nitrogens with zero attached hydrogens (tertiary/aromatic N) is 1. The minimum absolute atomic E-state index is 0.0185. The number of hydrogen-bond acceptors (Lipinski definition) is 4. The number of rotatable bonds is 7. The van der Waals surface area contributed by atoms with E-state index in [4.69, 9.17) is 0 Å². The van der Waals surface area contributed by atoms with Crippen LogP contribution in [0.3, 0.4) is 0 Å². The lowest BCUT2D eigenvalue weighted by atomic mass is 10.1. The van der Waals surface area contributed by atoms with Crippen LogP contribution in [0, 0.1) is 5.82 Å². The highest BCUT2D eigenvalue weighted by Gasteiger charge is 2.06. The zero-order chi connectivity index (χ0) is 16.0. The molecule has 0 amide bonds. The van der Waals surface area contributed by atoms with Crippen molar-refractivity contribution in [1.82, 2.24) is 4.98 Å². The zero-order valence-electron chi connectivity index (χ0n) is 12.2. The standard InChI is InChI=1S/C15H18FN3O2S/c1-2-22(20,21)19-14-7-8-15(18-11-14)17-10-9-12-3-5-13(16)6-4-12/h3-8,11,19H,2,9-10H2,1H3,(H,17,18). The van der Waals surface area contributed by atoms with Gasteiger partial charge in [-0.15, -0.1) is 0 Å². The molecule has 2 aromatic rings. The van der Waals surface area contributed by atoms with Gasteiger partial charge < -0.3 is 5.32 Å². The minimum Gasteiger partial charge on any atom is -0.370 e. The van der Waals surface area contributed by atoms with Gasteiger partial charge in [-0.25, -0.2) is 17.8 Å². The van der Waals surface area contributed by atoms with Crippen LogP contribution in [-0.4, -0.2) is 25.7 Å². The number of halogens is 1. The normalized spacial score (nSPS) is 11.2. The monoisotopic (exact) mass is 323 g/mol. The summed E-state index contributed by atoms with van der Waals surface area (Å²) in [6.45, 7) is 2.22. The maximum absolute atomic E-state index is 12.8. The number of sulfonamides is 1. The van der Waals surface area contributed by atoms with Gasteiger partial charge in [-0.05, 0) is 43.2 Å². The summed E-state index contributed by atoms with van der Waals surface area (Å²) in [6.07, 6.45) is 2.21. The van der Waals surface area contributed by atoms with Gasteiger partial charge in [-0.3, -0.25) is 4.72 Å². The Kier molecular flexibility index (Phi) is 5.32. The fourth-order valence-corrected chi connectivity index (χ4v) is 2.42. The number of benzene rings is 1. The Balaban J connectivity index is 1.85. The molecule has 7 heteroatoms. The largest absolute Gasteiger partial charge is 0.370 e. The third-order valence-electron chi connectivity index (χ3n) is 3.05. The van der Waals surface area contributed by atoms with Crippen molar-refractivity contribution in [1.29, 1.82) is 0 Å². The summed E-state index contributed by atoms with van der Waals surface area (Å²) in [5.41, 5.74) is 1.46. The summed E-state index contributed by atoms with van der Waals surface area (Å²) in [7, 11) is -3.28. The van der Waals surface area contributed by atoms with Crippen LogP contribution in [0.25, 0.3) is 0 Å². The highest BCUT2D eigenvalue weighted by molar-refractivity contribution is 7.92. The lowest BCUT2D eigenvalue weighted by Crippen LogP contribution is -2.14. The highest BCUT2D eigenvalue weighted by Crippen LogP contribution is 2.12. The summed E-state index contributed by atoms with van der Waals surface area (Å²) < 4.78 is 38.1. The first-order chi connectivity index (χ1) is 10.5. The summed E-state index contributed by atoms with van der Waals surface area (Å²) in [5, 5.41) is 3.13. The summed E-state index contributed by atoms with van der Waals surface area (Å²) in [4.78, 5) is 4.14. The first-order valence-electron chi connectivity index (χ1n) is 6.93. The molecule has 0 spiro atoms. The molecule has 22 heavy (non-hydrogen) atoms. The summed E-state index contributed by atoms with van der Waals surface area (Å²) in [5.74, 6) is 0.426. The Bertz CT molecular complexity index is 701. The second kappa shape index (κ2) is 7.22.